The standard InChI is InChI=1S/C31H31N7O9/c1-3-44-30-32-26-12-8-11-25(29(39)40)27(26)36(30)19-21-13-15-22(16-14-21)23-9-4-5-10-24(23)28-33-35-37(34-28)20(2)47-31(41)45-17-6-7-18-46-38(42)43/h4-5,8-16,20H,3,6-7,17-19H2,1-2H3,(H,39,40). The van der Waals surface area contributed by atoms with E-state index in [1.165, 1.54) is 0 Å². The van der Waals surface area contributed by atoms with Crippen molar-refractivity contribution >= 4 is 23.2 Å². The van der Waals surface area contributed by atoms with Crippen molar-refractivity contribution in [2.24, 2.45) is 0 Å². The number of carboxylic acid groups (broad SMARTS) is 1. The fraction of sp³-hybridized carbons (Fsp3) is 0.290. The molecule has 47 heavy (non-hydrogen) atoms. The van der Waals surface area contributed by atoms with Crippen LogP contribution in [0.1, 0.15) is 48.8 Å². The number of rotatable bonds is 15. The van der Waals surface area contributed by atoms with E-state index in [1.807, 2.05) is 55.5 Å². The first-order valence-electron chi connectivity index (χ1n) is 14.7. The van der Waals surface area contributed by atoms with E-state index in [2.05, 4.69) is 25.2 Å². The molecule has 0 radical (unpaired) electrons. The number of carboxylic acids is 1. The molecular weight excluding hydrogens is 614 g/mol. The van der Waals surface area contributed by atoms with Gasteiger partial charge in [0.25, 0.3) is 11.1 Å². The molecule has 3 aromatic carbocycles. The smallest absolute Gasteiger partial charge is 0.478 e. The summed E-state index contributed by atoms with van der Waals surface area (Å²) in [5.74, 6) is -0.736. The minimum absolute atomic E-state index is 0.00476. The summed E-state index contributed by atoms with van der Waals surface area (Å²) >= 11 is 0. The van der Waals surface area contributed by atoms with E-state index in [9.17, 15) is 24.8 Å². The van der Waals surface area contributed by atoms with Crippen LogP contribution in [0.15, 0.2) is 66.7 Å². The molecule has 244 valence electrons. The molecule has 2 aromatic heterocycles. The number of hydrogen-bond donors (Lipinski definition) is 1. The van der Waals surface area contributed by atoms with Gasteiger partial charge in [-0.15, -0.1) is 25.1 Å². The van der Waals surface area contributed by atoms with Crippen molar-refractivity contribution in [1.82, 2.24) is 29.8 Å². The van der Waals surface area contributed by atoms with Gasteiger partial charge >= 0.3 is 12.1 Å². The van der Waals surface area contributed by atoms with E-state index >= 15 is 0 Å². The van der Waals surface area contributed by atoms with Crippen molar-refractivity contribution in [2.45, 2.75) is 39.5 Å². The molecule has 0 saturated heterocycles. The number of para-hydroxylation sites is 1. The van der Waals surface area contributed by atoms with Gasteiger partial charge in [-0.05, 0) is 60.7 Å². The van der Waals surface area contributed by atoms with Crippen LogP contribution in [0.4, 0.5) is 4.79 Å². The van der Waals surface area contributed by atoms with Gasteiger partial charge in [0.05, 0.1) is 43.0 Å². The van der Waals surface area contributed by atoms with E-state index in [-0.39, 0.29) is 18.8 Å². The second-order valence-corrected chi connectivity index (χ2v) is 10.1. The Morgan fingerprint density at radius 1 is 1.00 bits per heavy atom. The monoisotopic (exact) mass is 645 g/mol. The normalized spacial score (nSPS) is 11.6. The molecule has 0 aliphatic rings. The number of imidazole rings is 1. The molecule has 16 nitrogen and oxygen atoms in total. The first kappa shape index (κ1) is 32.3. The number of carbonyl (C=O) groups is 2. The Bertz CT molecular complexity index is 1870. The first-order chi connectivity index (χ1) is 22.7. The highest BCUT2D eigenvalue weighted by molar-refractivity contribution is 6.01. The maximum absolute atomic E-state index is 12.1. The second-order valence-electron chi connectivity index (χ2n) is 10.1. The molecular formula is C31H31N7O9. The van der Waals surface area contributed by atoms with Crippen LogP contribution >= 0.6 is 0 Å². The Labute approximate surface area is 267 Å². The maximum Gasteiger partial charge on any atom is 0.510 e. The number of ether oxygens (including phenoxy) is 3. The number of nitrogens with zero attached hydrogens (tertiary/aromatic N) is 7. The van der Waals surface area contributed by atoms with E-state index in [0.717, 1.165) is 21.5 Å². The zero-order chi connectivity index (χ0) is 33.3. The Morgan fingerprint density at radius 2 is 1.74 bits per heavy atom. The van der Waals surface area contributed by atoms with Gasteiger partial charge in [-0.3, -0.25) is 4.57 Å². The van der Waals surface area contributed by atoms with Gasteiger partial charge in [0.2, 0.25) is 12.1 Å². The van der Waals surface area contributed by atoms with Crippen LogP contribution < -0.4 is 4.74 Å². The minimum Gasteiger partial charge on any atom is -0.478 e. The molecule has 0 aliphatic heterocycles. The number of benzene rings is 3. The van der Waals surface area contributed by atoms with Crippen LogP contribution in [-0.4, -0.2) is 71.9 Å². The molecule has 0 spiro atoms. The summed E-state index contributed by atoms with van der Waals surface area (Å²) in [5.41, 5.74) is 4.48. The zero-order valence-corrected chi connectivity index (χ0v) is 25.5. The van der Waals surface area contributed by atoms with Crippen LogP contribution in [0.5, 0.6) is 6.01 Å². The van der Waals surface area contributed by atoms with Crippen molar-refractivity contribution in [3.05, 3.63) is 88.0 Å². The summed E-state index contributed by atoms with van der Waals surface area (Å²) in [5, 5.41) is 31.7. The number of aromatic carboxylic acids is 1. The summed E-state index contributed by atoms with van der Waals surface area (Å²) in [6, 6.07) is 20.6. The Hall–Kier alpha value is -6.06. The van der Waals surface area contributed by atoms with Crippen molar-refractivity contribution < 1.29 is 38.8 Å². The number of hydrogen-bond acceptors (Lipinski definition) is 12. The van der Waals surface area contributed by atoms with Gasteiger partial charge in [0.15, 0.2) is 0 Å². The largest absolute Gasteiger partial charge is 0.510 e. The molecule has 2 heterocycles. The lowest BCUT2D eigenvalue weighted by atomic mass is 9.98. The SMILES string of the molecule is CCOc1nc2cccc(C(=O)O)c2n1Cc1ccc(-c2ccccc2-c2nnn(C(C)OC(=O)OCCCCO[N+](=O)[O-])n2)cc1. The molecule has 0 fully saturated rings. The highest BCUT2D eigenvalue weighted by atomic mass is 16.9. The molecule has 0 aliphatic carbocycles. The highest BCUT2D eigenvalue weighted by Gasteiger charge is 2.20. The van der Waals surface area contributed by atoms with Crippen LogP contribution in [-0.2, 0) is 20.9 Å². The molecule has 0 saturated carbocycles. The summed E-state index contributed by atoms with van der Waals surface area (Å²) in [6.07, 6.45) is -1.16. The van der Waals surface area contributed by atoms with E-state index in [0.29, 0.717) is 54.4 Å². The third-order valence-corrected chi connectivity index (χ3v) is 6.98. The molecule has 1 unspecified atom stereocenters. The molecule has 1 atom stereocenters. The quantitative estimate of drug-likeness (QED) is 0.0679. The lowest BCUT2D eigenvalue weighted by Crippen LogP contribution is -2.18. The lowest BCUT2D eigenvalue weighted by Gasteiger charge is -2.12. The minimum atomic E-state index is -1.05. The van der Waals surface area contributed by atoms with Crippen LogP contribution in [0.3, 0.4) is 0 Å². The number of aromatic nitrogens is 6. The van der Waals surface area contributed by atoms with Crippen LogP contribution in [0.25, 0.3) is 33.5 Å². The fourth-order valence-electron chi connectivity index (χ4n) is 4.83. The predicted molar refractivity (Wildman–Crippen MR) is 165 cm³/mol. The van der Waals surface area contributed by atoms with Crippen LogP contribution in [0, 0.1) is 10.1 Å². The van der Waals surface area contributed by atoms with Crippen molar-refractivity contribution in [2.75, 3.05) is 19.8 Å². The molecule has 16 heteroatoms. The average molecular weight is 646 g/mol. The fourth-order valence-corrected chi connectivity index (χ4v) is 4.83. The van der Waals surface area contributed by atoms with E-state index in [4.69, 9.17) is 14.2 Å². The average Bonchev–Trinajstić information content (AvgIpc) is 3.69. The Kier molecular flexibility index (Phi) is 10.2. The van der Waals surface area contributed by atoms with Gasteiger partial charge in [-0.1, -0.05) is 54.6 Å². The highest BCUT2D eigenvalue weighted by Crippen LogP contribution is 2.31. The summed E-state index contributed by atoms with van der Waals surface area (Å²) in [4.78, 5) is 44.0. The predicted octanol–water partition coefficient (Wildman–Crippen LogP) is 5.16. The third kappa shape index (κ3) is 7.78. The van der Waals surface area contributed by atoms with E-state index < -0.39 is 23.4 Å². The summed E-state index contributed by atoms with van der Waals surface area (Å²) in [7, 11) is 0. The van der Waals surface area contributed by atoms with Gasteiger partial charge in [0.1, 0.15) is 0 Å². The van der Waals surface area contributed by atoms with Crippen molar-refractivity contribution in [3.8, 4) is 28.5 Å². The third-order valence-electron chi connectivity index (χ3n) is 6.98. The van der Waals surface area contributed by atoms with Crippen molar-refractivity contribution in [3.63, 3.8) is 0 Å². The number of unbranched alkanes of at least 4 members (excludes halogenated alkanes) is 1. The molecule has 5 aromatic rings. The van der Waals surface area contributed by atoms with Crippen LogP contribution in [0.2, 0.25) is 0 Å². The van der Waals surface area contributed by atoms with Gasteiger partial charge in [-0.2, -0.15) is 4.98 Å². The first-order valence-corrected chi connectivity index (χ1v) is 14.7. The number of fused-ring (bicyclic) bond motifs is 1. The lowest BCUT2D eigenvalue weighted by molar-refractivity contribution is -0.757. The molecule has 0 amide bonds. The number of tetrazole rings is 1. The van der Waals surface area contributed by atoms with Crippen molar-refractivity contribution in [1.29, 1.82) is 0 Å². The summed E-state index contributed by atoms with van der Waals surface area (Å²) in [6.45, 7) is 4.03. The second kappa shape index (κ2) is 14.8. The number of carbonyl (C=O) groups excluding carboxylic acids is 1. The Morgan fingerprint density at radius 3 is 2.47 bits per heavy atom. The molecule has 1 N–H and O–H groups in total. The molecule has 0 bridgehead atoms. The zero-order valence-electron chi connectivity index (χ0n) is 25.5. The molecule has 5 rings (SSSR count). The summed E-state index contributed by atoms with van der Waals surface area (Å²) < 4.78 is 17.7. The topological polar surface area (TPSA) is 196 Å². The van der Waals surface area contributed by atoms with Gasteiger partial charge in [0, 0.05) is 5.56 Å². The van der Waals surface area contributed by atoms with E-state index in [1.54, 1.807) is 29.7 Å². The maximum atomic E-state index is 12.1. The van der Waals surface area contributed by atoms with Gasteiger partial charge < -0.3 is 24.2 Å². The van der Waals surface area contributed by atoms with Gasteiger partial charge in [-0.25, -0.2) is 9.59 Å². The Balaban J connectivity index is 1.28.